The van der Waals surface area contributed by atoms with E-state index in [0.29, 0.717) is 32.6 Å². The summed E-state index contributed by atoms with van der Waals surface area (Å²) in [6, 6.07) is 0. The monoisotopic (exact) mass is 762 g/mol. The largest absolute Gasteiger partial charge is 0.466 e. The van der Waals surface area contributed by atoms with Crippen LogP contribution in [0.25, 0.3) is 0 Å². The Morgan fingerprint density at radius 2 is 0.926 bits per heavy atom. The van der Waals surface area contributed by atoms with Crippen molar-refractivity contribution in [2.75, 3.05) is 39.5 Å². The smallest absolute Gasteiger partial charge is 0.305 e. The number of ether oxygens (including phenoxy) is 2. The zero-order valence-corrected chi connectivity index (χ0v) is 36.1. The molecular formula is C48H91NO5. The number of carbonyl (C=O) groups excluding carboxylic acids is 2. The second-order valence-corrected chi connectivity index (χ2v) is 17.7. The Bertz CT molecular complexity index is 800. The lowest BCUT2D eigenvalue weighted by Crippen LogP contribution is -2.29. The maximum atomic E-state index is 12.5. The van der Waals surface area contributed by atoms with Crippen LogP contribution in [0.5, 0.6) is 0 Å². The van der Waals surface area contributed by atoms with Crippen LogP contribution in [0.1, 0.15) is 232 Å². The van der Waals surface area contributed by atoms with Crippen LogP contribution in [-0.4, -0.2) is 61.4 Å². The van der Waals surface area contributed by atoms with Crippen LogP contribution in [0.15, 0.2) is 0 Å². The summed E-state index contributed by atoms with van der Waals surface area (Å²) in [5.41, 5.74) is 0. The SMILES string of the molecule is CCCCCCC1CCCCCC2CCC2CCCCCC(CCCCCC)CCCOC(=O)CCCCCN(CCO)CCCCCC(=O)OCCC1. The third kappa shape index (κ3) is 26.7. The Kier molecular flexibility index (Phi) is 31.8. The molecule has 0 aromatic rings. The molecule has 1 heterocycles. The highest BCUT2D eigenvalue weighted by molar-refractivity contribution is 5.69. The second-order valence-electron chi connectivity index (χ2n) is 17.7. The van der Waals surface area contributed by atoms with Gasteiger partial charge in [0.15, 0.2) is 0 Å². The average molecular weight is 762 g/mol. The fourth-order valence-electron chi connectivity index (χ4n) is 9.32. The number of nitrogens with zero attached hydrogens (tertiary/aromatic N) is 1. The molecule has 2 aliphatic rings. The minimum Gasteiger partial charge on any atom is -0.466 e. The van der Waals surface area contributed by atoms with Gasteiger partial charge in [-0.3, -0.25) is 9.59 Å². The lowest BCUT2D eigenvalue weighted by atomic mass is 9.69. The van der Waals surface area contributed by atoms with E-state index in [1.54, 1.807) is 0 Å². The number of unbranched alkanes of at least 4 members (excludes halogenated alkanes) is 6. The molecule has 0 radical (unpaired) electrons. The van der Waals surface area contributed by atoms with Crippen LogP contribution in [-0.2, 0) is 19.1 Å². The molecule has 4 atom stereocenters. The van der Waals surface area contributed by atoms with Crippen molar-refractivity contribution in [3.8, 4) is 0 Å². The lowest BCUT2D eigenvalue weighted by Gasteiger charge is -2.37. The predicted molar refractivity (Wildman–Crippen MR) is 228 cm³/mol. The van der Waals surface area contributed by atoms with E-state index in [1.807, 2.05) is 0 Å². The molecule has 1 saturated carbocycles. The number of rotatable bonds is 12. The molecule has 6 heteroatoms. The zero-order chi connectivity index (χ0) is 38.7. The van der Waals surface area contributed by atoms with Crippen molar-refractivity contribution >= 4 is 11.9 Å². The molecule has 6 nitrogen and oxygen atoms in total. The van der Waals surface area contributed by atoms with Crippen molar-refractivity contribution in [2.24, 2.45) is 23.7 Å². The summed E-state index contributed by atoms with van der Waals surface area (Å²) in [5, 5.41) is 9.58. The highest BCUT2D eigenvalue weighted by Gasteiger charge is 2.29. The van der Waals surface area contributed by atoms with E-state index in [9.17, 15) is 14.7 Å². The molecule has 2 rings (SSSR count). The van der Waals surface area contributed by atoms with E-state index in [-0.39, 0.29) is 18.5 Å². The van der Waals surface area contributed by atoms with Gasteiger partial charge in [-0.05, 0) is 101 Å². The van der Waals surface area contributed by atoms with Crippen molar-refractivity contribution < 1.29 is 24.2 Å². The Labute approximate surface area is 335 Å². The van der Waals surface area contributed by atoms with E-state index < -0.39 is 0 Å². The Morgan fingerprint density at radius 3 is 1.35 bits per heavy atom. The van der Waals surface area contributed by atoms with Gasteiger partial charge in [0.1, 0.15) is 0 Å². The molecule has 4 unspecified atom stereocenters. The van der Waals surface area contributed by atoms with Gasteiger partial charge in [-0.1, -0.05) is 155 Å². The molecule has 1 aliphatic carbocycles. The minimum absolute atomic E-state index is 0.0377. The van der Waals surface area contributed by atoms with E-state index in [0.717, 1.165) is 88.1 Å². The number of fused-ring (bicyclic) bond motifs is 1. The summed E-state index contributed by atoms with van der Waals surface area (Å²) in [4.78, 5) is 27.2. The first-order valence-electron chi connectivity index (χ1n) is 24.2. The maximum Gasteiger partial charge on any atom is 0.305 e. The molecule has 318 valence electrons. The minimum atomic E-state index is -0.0377. The van der Waals surface area contributed by atoms with Gasteiger partial charge in [0, 0.05) is 19.4 Å². The number of hydrogen-bond donors (Lipinski definition) is 1. The number of cyclic esters (lactones) is 2. The molecule has 0 bridgehead atoms. The third-order valence-electron chi connectivity index (χ3n) is 13.0. The van der Waals surface area contributed by atoms with Gasteiger partial charge in [-0.15, -0.1) is 0 Å². The molecule has 0 amide bonds. The van der Waals surface area contributed by atoms with Gasteiger partial charge >= 0.3 is 11.9 Å². The maximum absolute atomic E-state index is 12.5. The van der Waals surface area contributed by atoms with Crippen molar-refractivity contribution in [1.29, 1.82) is 0 Å². The van der Waals surface area contributed by atoms with Gasteiger partial charge in [0.05, 0.1) is 19.8 Å². The molecule has 0 aromatic carbocycles. The molecule has 0 spiro atoms. The zero-order valence-electron chi connectivity index (χ0n) is 36.1. The number of aliphatic hydroxyl groups is 1. The first-order valence-corrected chi connectivity index (χ1v) is 24.2. The molecule has 54 heavy (non-hydrogen) atoms. The Balaban J connectivity index is 1.84. The van der Waals surface area contributed by atoms with Crippen molar-refractivity contribution in [1.82, 2.24) is 4.90 Å². The normalized spacial score (nSPS) is 26.3. The highest BCUT2D eigenvalue weighted by Crippen LogP contribution is 2.41. The van der Waals surface area contributed by atoms with E-state index >= 15 is 0 Å². The first kappa shape index (κ1) is 49.0. The predicted octanol–water partition coefficient (Wildman–Crippen LogP) is 13.2. The van der Waals surface area contributed by atoms with Crippen molar-refractivity contribution in [3.05, 3.63) is 0 Å². The summed E-state index contributed by atoms with van der Waals surface area (Å²) >= 11 is 0. The number of hydrogen-bond acceptors (Lipinski definition) is 6. The van der Waals surface area contributed by atoms with E-state index in [4.69, 9.17) is 9.47 Å². The highest BCUT2D eigenvalue weighted by atomic mass is 16.5. The fourth-order valence-corrected chi connectivity index (χ4v) is 9.32. The standard InChI is InChI=1S/C48H91NO5/c1-3-5-7-13-25-43-27-15-9-17-31-45-35-36-46(45)32-18-10-16-28-44(26-14-8-6-4-2)30-24-42-54-48(52)34-20-12-22-38-49(39-40-50)37-21-11-19-33-47(51)53-41-23-29-43/h43-46,50H,3-42H2,1-2H3. The van der Waals surface area contributed by atoms with Crippen LogP contribution in [0, 0.1) is 23.7 Å². The van der Waals surface area contributed by atoms with E-state index in [2.05, 4.69) is 18.7 Å². The van der Waals surface area contributed by atoms with Gasteiger partial charge in [-0.2, -0.15) is 0 Å². The third-order valence-corrected chi connectivity index (χ3v) is 13.0. The van der Waals surface area contributed by atoms with Gasteiger partial charge in [0.2, 0.25) is 0 Å². The van der Waals surface area contributed by atoms with Crippen LogP contribution in [0.3, 0.4) is 0 Å². The van der Waals surface area contributed by atoms with Crippen molar-refractivity contribution in [3.63, 3.8) is 0 Å². The number of esters is 2. The summed E-state index contributed by atoms with van der Waals surface area (Å²) in [6.07, 6.45) is 41.6. The topological polar surface area (TPSA) is 76.1 Å². The second kappa shape index (κ2) is 35.1. The molecule has 1 N–H and O–H groups in total. The van der Waals surface area contributed by atoms with Crippen LogP contribution < -0.4 is 0 Å². The van der Waals surface area contributed by atoms with Crippen LogP contribution in [0.4, 0.5) is 0 Å². The summed E-state index contributed by atoms with van der Waals surface area (Å²) in [5.74, 6) is 3.49. The van der Waals surface area contributed by atoms with Gasteiger partial charge < -0.3 is 19.5 Å². The molecule has 1 aliphatic heterocycles. The molecule has 1 saturated heterocycles. The Morgan fingerprint density at radius 1 is 0.500 bits per heavy atom. The van der Waals surface area contributed by atoms with Crippen molar-refractivity contribution in [2.45, 2.75) is 232 Å². The quantitative estimate of drug-likeness (QED) is 0.158. The lowest BCUT2D eigenvalue weighted by molar-refractivity contribution is -0.144. The van der Waals surface area contributed by atoms with Gasteiger partial charge in [-0.25, -0.2) is 0 Å². The Hall–Kier alpha value is -1.14. The number of β-amino-alcohol motifs (C(OH)–C–C–N with tert-alkyl or cyclic N) is 1. The van der Waals surface area contributed by atoms with Crippen LogP contribution in [0.2, 0.25) is 0 Å². The fraction of sp³-hybridized carbons (Fsp3) is 0.958. The summed E-state index contributed by atoms with van der Waals surface area (Å²) in [7, 11) is 0. The summed E-state index contributed by atoms with van der Waals surface area (Å²) in [6.45, 7) is 8.48. The van der Waals surface area contributed by atoms with Gasteiger partial charge in [0.25, 0.3) is 0 Å². The average Bonchev–Trinajstić information content (AvgIpc) is 3.16. The molecular weight excluding hydrogens is 671 g/mol. The number of aliphatic hydroxyl groups excluding tert-OH is 1. The first-order chi connectivity index (χ1) is 26.5. The number of carbonyl (C=O) groups is 2. The summed E-state index contributed by atoms with van der Waals surface area (Å²) < 4.78 is 11.3. The van der Waals surface area contributed by atoms with Crippen LogP contribution >= 0.6 is 0 Å². The molecule has 0 aromatic heterocycles. The molecule has 2 fully saturated rings. The van der Waals surface area contributed by atoms with E-state index in [1.165, 1.54) is 154 Å².